The summed E-state index contributed by atoms with van der Waals surface area (Å²) >= 11 is 0. The molecule has 5 heteroatoms. The molecule has 0 saturated carbocycles. The number of nitrogens with zero attached hydrogens (tertiary/aromatic N) is 1. The Balaban J connectivity index is 1.83. The lowest BCUT2D eigenvalue weighted by Crippen LogP contribution is -2.42. The molecule has 1 unspecified atom stereocenters. The highest BCUT2D eigenvalue weighted by Crippen LogP contribution is 2.22. The van der Waals surface area contributed by atoms with Gasteiger partial charge >= 0.3 is 0 Å². The summed E-state index contributed by atoms with van der Waals surface area (Å²) in [6, 6.07) is 10.1. The predicted molar refractivity (Wildman–Crippen MR) is 78.6 cm³/mol. The molecule has 1 heterocycles. The molecule has 2 rings (SSSR count). The summed E-state index contributed by atoms with van der Waals surface area (Å²) in [5.74, 6) is -0.376. The second-order valence-corrected chi connectivity index (χ2v) is 5.47. The minimum absolute atomic E-state index is 0.0909. The first-order valence-corrected chi connectivity index (χ1v) is 7.46. The lowest BCUT2D eigenvalue weighted by atomic mass is 9.92. The van der Waals surface area contributed by atoms with Crippen molar-refractivity contribution in [3.05, 3.63) is 35.9 Å². The van der Waals surface area contributed by atoms with E-state index in [1.54, 1.807) is 5.48 Å². The van der Waals surface area contributed by atoms with E-state index in [-0.39, 0.29) is 18.2 Å². The van der Waals surface area contributed by atoms with Crippen molar-refractivity contribution in [3.8, 4) is 0 Å². The van der Waals surface area contributed by atoms with Crippen molar-refractivity contribution in [2.24, 2.45) is 5.92 Å². The summed E-state index contributed by atoms with van der Waals surface area (Å²) in [6.07, 6.45) is 3.37. The van der Waals surface area contributed by atoms with Gasteiger partial charge in [0, 0.05) is 25.4 Å². The van der Waals surface area contributed by atoms with E-state index in [0.717, 1.165) is 32.4 Å². The third kappa shape index (κ3) is 4.56. The van der Waals surface area contributed by atoms with Crippen LogP contribution in [0.5, 0.6) is 0 Å². The SMILES string of the molecule is O=C(CCC1CCCN(CCc2ccccc2)C1=O)NO. The molecule has 0 bridgehead atoms. The molecule has 0 radical (unpaired) electrons. The highest BCUT2D eigenvalue weighted by molar-refractivity contribution is 5.81. The van der Waals surface area contributed by atoms with E-state index in [0.29, 0.717) is 6.42 Å². The fourth-order valence-corrected chi connectivity index (χ4v) is 2.78. The molecule has 1 aromatic carbocycles. The molecule has 2 amide bonds. The first-order valence-electron chi connectivity index (χ1n) is 7.46. The summed E-state index contributed by atoms with van der Waals surface area (Å²) in [7, 11) is 0. The van der Waals surface area contributed by atoms with Gasteiger partial charge in [0.05, 0.1) is 0 Å². The van der Waals surface area contributed by atoms with Crippen LogP contribution in [0.25, 0.3) is 0 Å². The second-order valence-electron chi connectivity index (χ2n) is 5.47. The molecule has 1 aliphatic rings. The van der Waals surface area contributed by atoms with Gasteiger partial charge < -0.3 is 4.90 Å². The molecule has 1 saturated heterocycles. The zero-order valence-corrected chi connectivity index (χ0v) is 12.1. The van der Waals surface area contributed by atoms with E-state index in [1.165, 1.54) is 5.56 Å². The van der Waals surface area contributed by atoms with Gasteiger partial charge in [-0.15, -0.1) is 0 Å². The number of nitrogens with one attached hydrogen (secondary N) is 1. The van der Waals surface area contributed by atoms with E-state index in [1.807, 2.05) is 23.1 Å². The third-order valence-electron chi connectivity index (χ3n) is 4.00. The van der Waals surface area contributed by atoms with Gasteiger partial charge in [0.1, 0.15) is 0 Å². The van der Waals surface area contributed by atoms with Gasteiger partial charge in [0.2, 0.25) is 11.8 Å². The highest BCUT2D eigenvalue weighted by atomic mass is 16.5. The standard InChI is InChI=1S/C16H22N2O3/c19-15(17-21)9-8-14-7-4-11-18(16(14)20)12-10-13-5-2-1-3-6-13/h1-3,5-6,14,21H,4,7-12H2,(H,17,19). The highest BCUT2D eigenvalue weighted by Gasteiger charge is 2.28. The Morgan fingerprint density at radius 2 is 2.10 bits per heavy atom. The van der Waals surface area contributed by atoms with Crippen LogP contribution in [0.15, 0.2) is 30.3 Å². The van der Waals surface area contributed by atoms with E-state index >= 15 is 0 Å². The largest absolute Gasteiger partial charge is 0.342 e. The molecule has 0 aromatic heterocycles. The molecule has 0 spiro atoms. The van der Waals surface area contributed by atoms with Crippen LogP contribution in [0.2, 0.25) is 0 Å². The number of amides is 2. The summed E-state index contributed by atoms with van der Waals surface area (Å²) in [4.78, 5) is 25.3. The minimum atomic E-state index is -0.427. The van der Waals surface area contributed by atoms with Crippen LogP contribution in [0.1, 0.15) is 31.2 Å². The fraction of sp³-hybridized carbons (Fsp3) is 0.500. The fourth-order valence-electron chi connectivity index (χ4n) is 2.78. The average Bonchev–Trinajstić information content (AvgIpc) is 2.53. The molecule has 2 N–H and O–H groups in total. The maximum absolute atomic E-state index is 12.4. The monoisotopic (exact) mass is 290 g/mol. The van der Waals surface area contributed by atoms with Crippen LogP contribution in [0, 0.1) is 5.92 Å². The van der Waals surface area contributed by atoms with E-state index < -0.39 is 5.91 Å². The molecular weight excluding hydrogens is 268 g/mol. The van der Waals surface area contributed by atoms with Crippen LogP contribution in [0.4, 0.5) is 0 Å². The van der Waals surface area contributed by atoms with E-state index in [2.05, 4.69) is 12.1 Å². The maximum atomic E-state index is 12.4. The number of piperidine rings is 1. The summed E-state index contributed by atoms with van der Waals surface area (Å²) < 4.78 is 0. The van der Waals surface area contributed by atoms with Gasteiger partial charge in [-0.1, -0.05) is 30.3 Å². The van der Waals surface area contributed by atoms with Crippen molar-refractivity contribution in [1.82, 2.24) is 10.4 Å². The van der Waals surface area contributed by atoms with Crippen molar-refractivity contribution < 1.29 is 14.8 Å². The van der Waals surface area contributed by atoms with Crippen LogP contribution in [-0.2, 0) is 16.0 Å². The zero-order valence-electron chi connectivity index (χ0n) is 12.1. The quantitative estimate of drug-likeness (QED) is 0.619. The van der Waals surface area contributed by atoms with Crippen molar-refractivity contribution in [3.63, 3.8) is 0 Å². The van der Waals surface area contributed by atoms with Crippen molar-refractivity contribution in [2.45, 2.75) is 32.1 Å². The van der Waals surface area contributed by atoms with Gasteiger partial charge in [0.15, 0.2) is 0 Å². The maximum Gasteiger partial charge on any atom is 0.243 e. The van der Waals surface area contributed by atoms with Gasteiger partial charge in [-0.2, -0.15) is 0 Å². The Morgan fingerprint density at radius 3 is 2.81 bits per heavy atom. The molecule has 1 fully saturated rings. The molecule has 0 aliphatic carbocycles. The Hall–Kier alpha value is -1.88. The zero-order chi connectivity index (χ0) is 15.1. The smallest absolute Gasteiger partial charge is 0.243 e. The number of rotatable bonds is 6. The molecule has 21 heavy (non-hydrogen) atoms. The van der Waals surface area contributed by atoms with Gasteiger partial charge in [-0.05, 0) is 31.2 Å². The van der Waals surface area contributed by atoms with Crippen LogP contribution >= 0.6 is 0 Å². The Morgan fingerprint density at radius 1 is 1.33 bits per heavy atom. The number of hydroxylamine groups is 1. The topological polar surface area (TPSA) is 69.6 Å². The molecule has 1 atom stereocenters. The normalized spacial score (nSPS) is 18.6. The predicted octanol–water partition coefficient (Wildman–Crippen LogP) is 1.75. The second kappa shape index (κ2) is 7.78. The number of carbonyl (C=O) groups excluding carboxylic acids is 2. The molecule has 1 aliphatic heterocycles. The molecule has 1 aromatic rings. The molecule has 5 nitrogen and oxygen atoms in total. The van der Waals surface area contributed by atoms with Gasteiger partial charge in [0.25, 0.3) is 0 Å². The van der Waals surface area contributed by atoms with Crippen molar-refractivity contribution in [2.75, 3.05) is 13.1 Å². The van der Waals surface area contributed by atoms with E-state index in [9.17, 15) is 9.59 Å². The third-order valence-corrected chi connectivity index (χ3v) is 4.00. The summed E-state index contributed by atoms with van der Waals surface area (Å²) in [6.45, 7) is 1.53. The number of likely N-dealkylation sites (tertiary alicyclic amines) is 1. The van der Waals surface area contributed by atoms with Gasteiger partial charge in [-0.3, -0.25) is 14.8 Å². The van der Waals surface area contributed by atoms with Crippen molar-refractivity contribution >= 4 is 11.8 Å². The number of carbonyl (C=O) groups is 2. The minimum Gasteiger partial charge on any atom is -0.342 e. The average molecular weight is 290 g/mol. The molecular formula is C16H22N2O3. The number of benzene rings is 1. The summed E-state index contributed by atoms with van der Waals surface area (Å²) in [5, 5.41) is 8.50. The number of hydrogen-bond donors (Lipinski definition) is 2. The lowest BCUT2D eigenvalue weighted by molar-refractivity contribution is -0.139. The number of hydrogen-bond acceptors (Lipinski definition) is 3. The molecule has 114 valence electrons. The Bertz CT molecular complexity index is 476. The Kier molecular flexibility index (Phi) is 5.75. The lowest BCUT2D eigenvalue weighted by Gasteiger charge is -2.32. The van der Waals surface area contributed by atoms with Crippen LogP contribution in [-0.4, -0.2) is 35.0 Å². The summed E-state index contributed by atoms with van der Waals surface area (Å²) in [5.41, 5.74) is 2.84. The van der Waals surface area contributed by atoms with Gasteiger partial charge in [-0.25, -0.2) is 5.48 Å². The van der Waals surface area contributed by atoms with Crippen LogP contribution in [0.3, 0.4) is 0 Å². The van der Waals surface area contributed by atoms with Crippen LogP contribution < -0.4 is 5.48 Å². The van der Waals surface area contributed by atoms with Crippen molar-refractivity contribution in [1.29, 1.82) is 0 Å². The van der Waals surface area contributed by atoms with E-state index in [4.69, 9.17) is 5.21 Å². The Labute approximate surface area is 124 Å². The first kappa shape index (κ1) is 15.5. The first-order chi connectivity index (χ1) is 10.2.